The topological polar surface area (TPSA) is 96.5 Å². The minimum absolute atomic E-state index is 0.00124. The van der Waals surface area contributed by atoms with E-state index in [1.165, 1.54) is 10.5 Å². The van der Waals surface area contributed by atoms with Crippen LogP contribution in [-0.4, -0.2) is 15.3 Å². The number of carbonyl (C=O) groups is 1. The number of aryl methyl sites for hydroxylation is 3. The largest absolute Gasteiger partial charge is 0.438 e. The summed E-state index contributed by atoms with van der Waals surface area (Å²) in [6.45, 7) is 5.70. The van der Waals surface area contributed by atoms with Gasteiger partial charge in [0.25, 0.3) is 11.5 Å². The SMILES string of the molecule is Cc1cc(C)cc(Oc2nc3c(C)cccn3c(=O)c2/C=C(/C#N)C(=O)Nc2ccc(Cl)cc2)c1. The fraction of sp³-hybridized carbons (Fsp3) is 0.111. The zero-order valence-electron chi connectivity index (χ0n) is 19.3. The molecule has 2 aromatic heterocycles. The van der Waals surface area contributed by atoms with Gasteiger partial charge in [-0.3, -0.25) is 14.0 Å². The number of hydrogen-bond acceptors (Lipinski definition) is 5. The highest BCUT2D eigenvalue weighted by molar-refractivity contribution is 6.30. The number of aromatic nitrogens is 2. The van der Waals surface area contributed by atoms with E-state index in [1.807, 2.05) is 51.1 Å². The molecular formula is C27H21ClN4O3. The Balaban J connectivity index is 1.84. The van der Waals surface area contributed by atoms with E-state index in [9.17, 15) is 14.9 Å². The summed E-state index contributed by atoms with van der Waals surface area (Å²) in [6, 6.07) is 17.5. The third-order valence-electron chi connectivity index (χ3n) is 5.21. The van der Waals surface area contributed by atoms with Gasteiger partial charge in [-0.1, -0.05) is 23.7 Å². The van der Waals surface area contributed by atoms with Crippen molar-refractivity contribution >= 4 is 34.9 Å². The first kappa shape index (κ1) is 23.7. The molecule has 35 heavy (non-hydrogen) atoms. The predicted molar refractivity (Wildman–Crippen MR) is 136 cm³/mol. The third kappa shape index (κ3) is 5.24. The first-order valence-electron chi connectivity index (χ1n) is 10.7. The fourth-order valence-corrected chi connectivity index (χ4v) is 3.75. The number of nitrogens with one attached hydrogen (secondary N) is 1. The van der Waals surface area contributed by atoms with Crippen molar-refractivity contribution in [2.45, 2.75) is 20.8 Å². The molecule has 2 heterocycles. The molecule has 1 N–H and O–H groups in total. The van der Waals surface area contributed by atoms with E-state index in [0.29, 0.717) is 22.1 Å². The van der Waals surface area contributed by atoms with Crippen molar-refractivity contribution in [1.82, 2.24) is 9.38 Å². The van der Waals surface area contributed by atoms with Crippen LogP contribution in [0.25, 0.3) is 11.7 Å². The van der Waals surface area contributed by atoms with Crippen LogP contribution in [0.15, 0.2) is 71.2 Å². The highest BCUT2D eigenvalue weighted by Crippen LogP contribution is 2.26. The lowest BCUT2D eigenvalue weighted by atomic mass is 10.1. The monoisotopic (exact) mass is 484 g/mol. The number of carbonyl (C=O) groups excluding carboxylic acids is 1. The molecule has 4 rings (SSSR count). The molecule has 4 aromatic rings. The minimum atomic E-state index is -0.680. The van der Waals surface area contributed by atoms with Crippen molar-refractivity contribution in [2.24, 2.45) is 0 Å². The Labute approximate surface area is 206 Å². The first-order valence-corrected chi connectivity index (χ1v) is 11.1. The predicted octanol–water partition coefficient (Wildman–Crippen LogP) is 5.61. The van der Waals surface area contributed by atoms with E-state index in [-0.39, 0.29) is 17.0 Å². The number of pyridine rings is 1. The molecule has 0 aliphatic carbocycles. The zero-order chi connectivity index (χ0) is 25.1. The van der Waals surface area contributed by atoms with Crippen LogP contribution in [0.5, 0.6) is 11.6 Å². The van der Waals surface area contributed by atoms with Crippen molar-refractivity contribution < 1.29 is 9.53 Å². The molecule has 2 aromatic carbocycles. The summed E-state index contributed by atoms with van der Waals surface area (Å²) in [4.78, 5) is 30.8. The first-order chi connectivity index (χ1) is 16.7. The Morgan fingerprint density at radius 1 is 1.11 bits per heavy atom. The number of ether oxygens (including phenoxy) is 1. The van der Waals surface area contributed by atoms with Gasteiger partial charge in [0.15, 0.2) is 0 Å². The average Bonchev–Trinajstić information content (AvgIpc) is 2.80. The molecule has 174 valence electrons. The zero-order valence-corrected chi connectivity index (χ0v) is 20.1. The minimum Gasteiger partial charge on any atom is -0.438 e. The van der Waals surface area contributed by atoms with Crippen LogP contribution < -0.4 is 15.6 Å². The van der Waals surface area contributed by atoms with E-state index in [0.717, 1.165) is 16.7 Å². The summed E-state index contributed by atoms with van der Waals surface area (Å²) < 4.78 is 7.41. The van der Waals surface area contributed by atoms with Gasteiger partial charge in [0.2, 0.25) is 5.88 Å². The molecule has 0 aliphatic rings. The van der Waals surface area contributed by atoms with Crippen LogP contribution in [0, 0.1) is 32.1 Å². The number of nitrogens with zero attached hydrogens (tertiary/aromatic N) is 3. The summed E-state index contributed by atoms with van der Waals surface area (Å²) in [5.74, 6) is -0.187. The van der Waals surface area contributed by atoms with Crippen LogP contribution in [0.4, 0.5) is 5.69 Å². The van der Waals surface area contributed by atoms with E-state index in [4.69, 9.17) is 16.3 Å². The number of fused-ring (bicyclic) bond motifs is 1. The summed E-state index contributed by atoms with van der Waals surface area (Å²) in [5, 5.41) is 12.9. The molecule has 0 saturated carbocycles. The van der Waals surface area contributed by atoms with Gasteiger partial charge in [-0.15, -0.1) is 0 Å². The second kappa shape index (κ2) is 9.84. The summed E-state index contributed by atoms with van der Waals surface area (Å²) >= 11 is 5.89. The van der Waals surface area contributed by atoms with Gasteiger partial charge < -0.3 is 10.1 Å². The molecule has 1 amide bonds. The van der Waals surface area contributed by atoms with Gasteiger partial charge in [-0.25, -0.2) is 0 Å². The molecule has 0 radical (unpaired) electrons. The third-order valence-corrected chi connectivity index (χ3v) is 5.47. The van der Waals surface area contributed by atoms with Crippen LogP contribution in [0.1, 0.15) is 22.3 Å². The van der Waals surface area contributed by atoms with Gasteiger partial charge in [0.05, 0.1) is 0 Å². The van der Waals surface area contributed by atoms with Crippen molar-refractivity contribution in [3.63, 3.8) is 0 Å². The lowest BCUT2D eigenvalue weighted by Gasteiger charge is -2.12. The van der Waals surface area contributed by atoms with E-state index >= 15 is 0 Å². The maximum absolute atomic E-state index is 13.4. The lowest BCUT2D eigenvalue weighted by Crippen LogP contribution is -2.20. The van der Waals surface area contributed by atoms with Crippen LogP contribution in [-0.2, 0) is 4.79 Å². The Bertz CT molecular complexity index is 1560. The summed E-state index contributed by atoms with van der Waals surface area (Å²) in [7, 11) is 0. The van der Waals surface area contributed by atoms with Gasteiger partial charge in [0, 0.05) is 16.9 Å². The van der Waals surface area contributed by atoms with Gasteiger partial charge in [0.1, 0.15) is 28.6 Å². The van der Waals surface area contributed by atoms with E-state index in [2.05, 4.69) is 10.3 Å². The van der Waals surface area contributed by atoms with Gasteiger partial charge >= 0.3 is 0 Å². The van der Waals surface area contributed by atoms with Crippen LogP contribution in [0.2, 0.25) is 5.02 Å². The van der Waals surface area contributed by atoms with Gasteiger partial charge in [-0.05, 0) is 86.0 Å². The number of amides is 1. The van der Waals surface area contributed by atoms with Crippen LogP contribution in [0.3, 0.4) is 0 Å². The van der Waals surface area contributed by atoms with Crippen LogP contribution >= 0.6 is 11.6 Å². The average molecular weight is 485 g/mol. The number of benzene rings is 2. The second-order valence-corrected chi connectivity index (χ2v) is 8.51. The molecule has 0 bridgehead atoms. The molecule has 7 nitrogen and oxygen atoms in total. The normalized spacial score (nSPS) is 11.2. The van der Waals surface area contributed by atoms with Gasteiger partial charge in [-0.2, -0.15) is 10.2 Å². The Morgan fingerprint density at radius 3 is 2.46 bits per heavy atom. The number of rotatable bonds is 5. The maximum Gasteiger partial charge on any atom is 0.269 e. The fourth-order valence-electron chi connectivity index (χ4n) is 3.62. The second-order valence-electron chi connectivity index (χ2n) is 8.08. The molecule has 0 aliphatic heterocycles. The Morgan fingerprint density at radius 2 is 1.80 bits per heavy atom. The molecule has 0 unspecified atom stereocenters. The Kier molecular flexibility index (Phi) is 6.67. The summed E-state index contributed by atoms with van der Waals surface area (Å²) in [5.41, 5.74) is 2.83. The van der Waals surface area contributed by atoms with E-state index in [1.54, 1.807) is 36.5 Å². The quantitative estimate of drug-likeness (QED) is 0.293. The number of nitriles is 1. The molecule has 0 saturated heterocycles. The van der Waals surface area contributed by atoms with Crippen molar-refractivity contribution in [2.75, 3.05) is 5.32 Å². The number of halogens is 1. The molecule has 8 heteroatoms. The Hall–Kier alpha value is -4.41. The van der Waals surface area contributed by atoms with Crippen molar-refractivity contribution in [1.29, 1.82) is 5.26 Å². The highest BCUT2D eigenvalue weighted by atomic mass is 35.5. The summed E-state index contributed by atoms with van der Waals surface area (Å²) in [6.07, 6.45) is 2.78. The molecule has 0 spiro atoms. The smallest absolute Gasteiger partial charge is 0.269 e. The van der Waals surface area contributed by atoms with E-state index < -0.39 is 11.5 Å². The number of hydrogen-bond donors (Lipinski definition) is 1. The highest BCUT2D eigenvalue weighted by Gasteiger charge is 2.18. The van der Waals surface area contributed by atoms with Crippen molar-refractivity contribution in [3.05, 3.63) is 104 Å². The van der Waals surface area contributed by atoms with Crippen molar-refractivity contribution in [3.8, 4) is 17.7 Å². The lowest BCUT2D eigenvalue weighted by molar-refractivity contribution is -0.112. The molecular weight excluding hydrogens is 464 g/mol. The molecule has 0 atom stereocenters. The molecule has 0 fully saturated rings. The standard InChI is InChI=1S/C27H21ClN4O3/c1-16-11-17(2)13-22(12-16)35-26-23(27(34)32-10-4-5-18(3)24(32)31-26)14-19(15-29)25(33)30-21-8-6-20(28)7-9-21/h4-14H,1-3H3,(H,30,33)/b19-14-. The number of anilines is 1. The maximum atomic E-state index is 13.4.